The molecule has 1 aliphatic rings. The van der Waals surface area contributed by atoms with Gasteiger partial charge in [0.2, 0.25) is 10.0 Å². The SMILES string of the molecule is COc1ccc(S(=O)(=O)N2CCCCC2NC[C@H](O)COc2ccc(OCc3ccccc3)cc2)cc1. The average molecular weight is 527 g/mol. The molecule has 2 atom stereocenters. The number of hydrogen-bond acceptors (Lipinski definition) is 7. The number of rotatable bonds is 12. The summed E-state index contributed by atoms with van der Waals surface area (Å²) in [6.07, 6.45) is 1.19. The van der Waals surface area contributed by atoms with Gasteiger partial charge in [-0.15, -0.1) is 0 Å². The van der Waals surface area contributed by atoms with Gasteiger partial charge in [-0.2, -0.15) is 4.31 Å². The molecule has 0 spiro atoms. The molecule has 198 valence electrons. The molecule has 0 radical (unpaired) electrons. The van der Waals surface area contributed by atoms with Crippen molar-refractivity contribution in [2.75, 3.05) is 26.8 Å². The molecule has 3 aromatic rings. The molecule has 1 unspecified atom stereocenters. The Kier molecular flexibility index (Phi) is 9.40. The standard InChI is InChI=1S/C28H34N2O6S/c1-34-24-14-16-27(17-15-24)37(32,33)30-18-6-5-9-28(30)29-19-23(31)21-36-26-12-10-25(11-13-26)35-20-22-7-3-2-4-8-22/h2-4,7-8,10-17,23,28-29,31H,5-6,9,18-21H2,1H3/t23-,28?/m0/s1. The van der Waals surface area contributed by atoms with E-state index >= 15 is 0 Å². The van der Waals surface area contributed by atoms with Crippen molar-refractivity contribution in [3.63, 3.8) is 0 Å². The first kappa shape index (κ1) is 26.9. The highest BCUT2D eigenvalue weighted by Gasteiger charge is 2.33. The fraction of sp³-hybridized carbons (Fsp3) is 0.357. The van der Waals surface area contributed by atoms with Crippen LogP contribution < -0.4 is 19.5 Å². The zero-order valence-corrected chi connectivity index (χ0v) is 21.8. The van der Waals surface area contributed by atoms with Crippen LogP contribution in [0.1, 0.15) is 24.8 Å². The van der Waals surface area contributed by atoms with Crippen molar-refractivity contribution < 1.29 is 27.7 Å². The maximum atomic E-state index is 13.3. The van der Waals surface area contributed by atoms with Gasteiger partial charge in [-0.1, -0.05) is 30.3 Å². The molecule has 0 saturated carbocycles. The van der Waals surface area contributed by atoms with Crippen LogP contribution in [0.2, 0.25) is 0 Å². The van der Waals surface area contributed by atoms with E-state index in [1.807, 2.05) is 42.5 Å². The molecule has 0 bridgehead atoms. The summed E-state index contributed by atoms with van der Waals surface area (Å²) in [7, 11) is -2.13. The summed E-state index contributed by atoms with van der Waals surface area (Å²) in [6.45, 7) is 1.20. The van der Waals surface area contributed by atoms with Crippen molar-refractivity contribution in [1.82, 2.24) is 9.62 Å². The molecule has 4 rings (SSSR count). The minimum Gasteiger partial charge on any atom is -0.497 e. The molecule has 0 aromatic heterocycles. The lowest BCUT2D eigenvalue weighted by atomic mass is 10.1. The summed E-state index contributed by atoms with van der Waals surface area (Å²) in [5.74, 6) is 1.95. The molecule has 1 fully saturated rings. The molecule has 0 aliphatic carbocycles. The summed E-state index contributed by atoms with van der Waals surface area (Å²) >= 11 is 0. The number of sulfonamides is 1. The monoisotopic (exact) mass is 526 g/mol. The number of hydrogen-bond donors (Lipinski definition) is 2. The molecule has 1 heterocycles. The van der Waals surface area contributed by atoms with Gasteiger partial charge >= 0.3 is 0 Å². The van der Waals surface area contributed by atoms with E-state index in [9.17, 15) is 13.5 Å². The van der Waals surface area contributed by atoms with Crippen LogP contribution >= 0.6 is 0 Å². The smallest absolute Gasteiger partial charge is 0.244 e. The summed E-state index contributed by atoms with van der Waals surface area (Å²) in [5, 5.41) is 13.7. The molecule has 1 saturated heterocycles. The molecule has 1 aliphatic heterocycles. The molecule has 9 heteroatoms. The third-order valence-corrected chi connectivity index (χ3v) is 8.15. The highest BCUT2D eigenvalue weighted by atomic mass is 32.2. The van der Waals surface area contributed by atoms with Crippen molar-refractivity contribution in [2.45, 2.75) is 43.0 Å². The van der Waals surface area contributed by atoms with Crippen LogP contribution in [0.5, 0.6) is 17.2 Å². The second-order valence-electron chi connectivity index (χ2n) is 8.92. The predicted octanol–water partition coefficient (Wildman–Crippen LogP) is 3.80. The minimum atomic E-state index is -3.68. The summed E-state index contributed by atoms with van der Waals surface area (Å²) in [6, 6.07) is 23.6. The lowest BCUT2D eigenvalue weighted by molar-refractivity contribution is 0.0929. The van der Waals surface area contributed by atoms with Crippen molar-refractivity contribution in [1.29, 1.82) is 0 Å². The van der Waals surface area contributed by atoms with E-state index in [1.54, 1.807) is 43.5 Å². The van der Waals surface area contributed by atoms with Gasteiger partial charge in [0.1, 0.15) is 36.6 Å². The predicted molar refractivity (Wildman–Crippen MR) is 141 cm³/mol. The number of nitrogens with one attached hydrogen (secondary N) is 1. The average Bonchev–Trinajstić information content (AvgIpc) is 2.95. The van der Waals surface area contributed by atoms with E-state index in [4.69, 9.17) is 14.2 Å². The third-order valence-electron chi connectivity index (χ3n) is 6.22. The number of benzene rings is 3. The van der Waals surface area contributed by atoms with E-state index in [1.165, 1.54) is 4.31 Å². The second kappa shape index (κ2) is 12.9. The summed E-state index contributed by atoms with van der Waals surface area (Å²) in [4.78, 5) is 0.224. The fourth-order valence-electron chi connectivity index (χ4n) is 4.18. The van der Waals surface area contributed by atoms with Crippen molar-refractivity contribution in [3.05, 3.63) is 84.4 Å². The van der Waals surface area contributed by atoms with Crippen LogP contribution in [0.4, 0.5) is 0 Å². The molecule has 2 N–H and O–H groups in total. The van der Waals surface area contributed by atoms with E-state index in [2.05, 4.69) is 5.32 Å². The molecule has 8 nitrogen and oxygen atoms in total. The van der Waals surface area contributed by atoms with Gasteiger partial charge in [0.05, 0.1) is 18.2 Å². The first-order valence-electron chi connectivity index (χ1n) is 12.4. The Bertz CT molecular complexity index is 1200. The van der Waals surface area contributed by atoms with Gasteiger partial charge in [-0.25, -0.2) is 8.42 Å². The van der Waals surface area contributed by atoms with Crippen LogP contribution in [0.25, 0.3) is 0 Å². The molecule has 0 amide bonds. The molecule has 3 aromatic carbocycles. The van der Waals surface area contributed by atoms with Gasteiger partial charge < -0.3 is 19.3 Å². The van der Waals surface area contributed by atoms with Gasteiger partial charge in [-0.05, 0) is 73.4 Å². The zero-order valence-electron chi connectivity index (χ0n) is 21.0. The number of methoxy groups -OCH3 is 1. The number of aliphatic hydroxyl groups is 1. The first-order valence-corrected chi connectivity index (χ1v) is 13.9. The lowest BCUT2D eigenvalue weighted by Crippen LogP contribution is -2.53. The van der Waals surface area contributed by atoms with Crippen LogP contribution in [0, 0.1) is 0 Å². The number of nitrogens with zero attached hydrogens (tertiary/aromatic N) is 1. The summed E-state index contributed by atoms with van der Waals surface area (Å²) < 4.78 is 44.6. The molecular formula is C28H34N2O6S. The maximum Gasteiger partial charge on any atom is 0.244 e. The Morgan fingerprint density at radius 1 is 0.919 bits per heavy atom. The maximum absolute atomic E-state index is 13.3. The molecular weight excluding hydrogens is 492 g/mol. The van der Waals surface area contributed by atoms with Gasteiger partial charge in [-0.3, -0.25) is 5.32 Å². The normalized spacial score (nSPS) is 17.2. The van der Waals surface area contributed by atoms with Crippen LogP contribution in [-0.4, -0.2) is 56.9 Å². The molecule has 37 heavy (non-hydrogen) atoms. The lowest BCUT2D eigenvalue weighted by Gasteiger charge is -2.35. The Hall–Kier alpha value is -3.11. The van der Waals surface area contributed by atoms with E-state index < -0.39 is 22.3 Å². The Morgan fingerprint density at radius 3 is 2.24 bits per heavy atom. The highest BCUT2D eigenvalue weighted by molar-refractivity contribution is 7.89. The van der Waals surface area contributed by atoms with Crippen LogP contribution in [-0.2, 0) is 16.6 Å². The van der Waals surface area contributed by atoms with Gasteiger partial charge in [0, 0.05) is 13.1 Å². The largest absolute Gasteiger partial charge is 0.497 e. The van der Waals surface area contributed by atoms with E-state index in [0.29, 0.717) is 31.1 Å². The van der Waals surface area contributed by atoms with Gasteiger partial charge in [0.25, 0.3) is 0 Å². The Morgan fingerprint density at radius 2 is 1.57 bits per heavy atom. The van der Waals surface area contributed by atoms with Crippen molar-refractivity contribution in [3.8, 4) is 17.2 Å². The highest BCUT2D eigenvalue weighted by Crippen LogP contribution is 2.26. The summed E-state index contributed by atoms with van der Waals surface area (Å²) in [5.41, 5.74) is 1.09. The van der Waals surface area contributed by atoms with E-state index in [0.717, 1.165) is 24.2 Å². The fourth-order valence-corrected chi connectivity index (χ4v) is 5.81. The Labute approximate surface area is 218 Å². The third kappa shape index (κ3) is 7.45. The first-order chi connectivity index (χ1) is 18.0. The number of aliphatic hydroxyl groups excluding tert-OH is 1. The Balaban J connectivity index is 1.25. The number of ether oxygens (including phenoxy) is 3. The van der Waals surface area contributed by atoms with Crippen molar-refractivity contribution in [2.24, 2.45) is 0 Å². The van der Waals surface area contributed by atoms with Crippen molar-refractivity contribution >= 4 is 10.0 Å². The minimum absolute atomic E-state index is 0.0785. The quantitative estimate of drug-likeness (QED) is 0.371. The topological polar surface area (TPSA) is 97.3 Å². The zero-order chi connectivity index (χ0) is 26.1. The van der Waals surface area contributed by atoms with E-state index in [-0.39, 0.29) is 18.0 Å². The van der Waals surface area contributed by atoms with Crippen LogP contribution in [0.15, 0.2) is 83.8 Å². The van der Waals surface area contributed by atoms with Gasteiger partial charge in [0.15, 0.2) is 0 Å². The number of piperidine rings is 1. The van der Waals surface area contributed by atoms with Crippen LogP contribution in [0.3, 0.4) is 0 Å². The second-order valence-corrected chi connectivity index (χ2v) is 10.8.